The number of hydrogen-bond acceptors (Lipinski definition) is 4. The molecule has 2 saturated heterocycles. The normalized spacial score (nSPS) is 21.7. The van der Waals surface area contributed by atoms with Gasteiger partial charge in [-0.1, -0.05) is 13.8 Å². The lowest BCUT2D eigenvalue weighted by atomic mass is 10.0. The summed E-state index contributed by atoms with van der Waals surface area (Å²) in [5, 5.41) is 2.99. The maximum Gasteiger partial charge on any atom is 0.317 e. The number of carbonyl (C=O) groups excluding carboxylic acids is 2. The average molecular weight is 369 g/mol. The van der Waals surface area contributed by atoms with Crippen molar-refractivity contribution >= 4 is 11.9 Å². The number of nitrogens with zero attached hydrogens (tertiary/aromatic N) is 3. The first kappa shape index (κ1) is 21.0. The van der Waals surface area contributed by atoms with E-state index in [4.69, 9.17) is 4.74 Å². The van der Waals surface area contributed by atoms with Gasteiger partial charge in [-0.05, 0) is 25.2 Å². The largest absolute Gasteiger partial charge is 0.379 e. The number of ether oxygens (including phenoxy) is 1. The Hall–Kier alpha value is -1.34. The highest BCUT2D eigenvalue weighted by molar-refractivity contribution is 5.75. The molecule has 2 aliphatic heterocycles. The van der Waals surface area contributed by atoms with Gasteiger partial charge in [0.15, 0.2) is 0 Å². The number of morpholine rings is 1. The van der Waals surface area contributed by atoms with Gasteiger partial charge < -0.3 is 19.9 Å². The number of hydrogen-bond donors (Lipinski definition) is 1. The van der Waals surface area contributed by atoms with Crippen LogP contribution in [0.15, 0.2) is 0 Å². The van der Waals surface area contributed by atoms with E-state index in [-0.39, 0.29) is 18.0 Å². The van der Waals surface area contributed by atoms with Gasteiger partial charge in [-0.2, -0.15) is 0 Å². The van der Waals surface area contributed by atoms with E-state index >= 15 is 0 Å². The van der Waals surface area contributed by atoms with Crippen molar-refractivity contribution in [1.29, 1.82) is 0 Å². The van der Waals surface area contributed by atoms with Crippen molar-refractivity contribution in [3.05, 3.63) is 0 Å². The van der Waals surface area contributed by atoms with Crippen LogP contribution in [0.3, 0.4) is 0 Å². The van der Waals surface area contributed by atoms with Crippen LogP contribution in [0.4, 0.5) is 4.79 Å². The SMILES string of the molecule is CC(=O)N(CCCN1CCOCC1)C1CCCN(C(=O)NCC(C)C)C1. The van der Waals surface area contributed by atoms with Gasteiger partial charge >= 0.3 is 6.03 Å². The summed E-state index contributed by atoms with van der Waals surface area (Å²) >= 11 is 0. The van der Waals surface area contributed by atoms with E-state index in [0.717, 1.165) is 65.2 Å². The average Bonchev–Trinajstić information content (AvgIpc) is 2.64. The molecule has 150 valence electrons. The molecule has 2 rings (SSSR count). The van der Waals surface area contributed by atoms with Crippen molar-refractivity contribution < 1.29 is 14.3 Å². The van der Waals surface area contributed by atoms with E-state index in [9.17, 15) is 9.59 Å². The summed E-state index contributed by atoms with van der Waals surface area (Å²) in [7, 11) is 0. The molecule has 0 aromatic carbocycles. The molecule has 0 radical (unpaired) electrons. The molecule has 1 N–H and O–H groups in total. The van der Waals surface area contributed by atoms with Gasteiger partial charge in [0.05, 0.1) is 13.2 Å². The number of urea groups is 1. The summed E-state index contributed by atoms with van der Waals surface area (Å²) in [4.78, 5) is 30.8. The van der Waals surface area contributed by atoms with Crippen LogP contribution in [0.5, 0.6) is 0 Å². The molecule has 1 unspecified atom stereocenters. The summed E-state index contributed by atoms with van der Waals surface area (Å²) in [5.74, 6) is 0.551. The van der Waals surface area contributed by atoms with Crippen LogP contribution < -0.4 is 5.32 Å². The molecule has 1 atom stereocenters. The molecule has 0 spiro atoms. The Morgan fingerprint density at radius 2 is 1.96 bits per heavy atom. The standard InChI is InChI=1S/C19H36N4O3/c1-16(2)14-20-19(25)22-8-4-6-18(15-22)23(17(3)24)9-5-7-21-10-12-26-13-11-21/h16,18H,4-15H2,1-3H3,(H,20,25). The van der Waals surface area contributed by atoms with Crippen LogP contribution >= 0.6 is 0 Å². The molecule has 2 heterocycles. The lowest BCUT2D eigenvalue weighted by Gasteiger charge is -2.39. The van der Waals surface area contributed by atoms with Crippen molar-refractivity contribution in [3.8, 4) is 0 Å². The van der Waals surface area contributed by atoms with Gasteiger partial charge in [0.25, 0.3) is 0 Å². The lowest BCUT2D eigenvalue weighted by Crippen LogP contribution is -2.54. The summed E-state index contributed by atoms with van der Waals surface area (Å²) < 4.78 is 5.38. The molecule has 0 aromatic heterocycles. The second-order valence-corrected chi connectivity index (χ2v) is 7.84. The summed E-state index contributed by atoms with van der Waals surface area (Å²) in [6.07, 6.45) is 2.90. The third kappa shape index (κ3) is 6.76. The van der Waals surface area contributed by atoms with Gasteiger partial charge in [0.2, 0.25) is 5.91 Å². The molecule has 3 amide bonds. The Labute approximate surface area is 158 Å². The first-order valence-electron chi connectivity index (χ1n) is 10.1. The topological polar surface area (TPSA) is 65.1 Å². The molecule has 0 aromatic rings. The molecule has 0 aliphatic carbocycles. The number of likely N-dealkylation sites (tertiary alicyclic amines) is 1. The van der Waals surface area contributed by atoms with Gasteiger partial charge in [-0.25, -0.2) is 4.79 Å². The minimum absolute atomic E-state index is 0.000203. The molecular formula is C19H36N4O3. The molecular weight excluding hydrogens is 332 g/mol. The fourth-order valence-electron chi connectivity index (χ4n) is 3.68. The maximum absolute atomic E-state index is 12.4. The fraction of sp³-hybridized carbons (Fsp3) is 0.895. The first-order chi connectivity index (χ1) is 12.5. The molecule has 0 saturated carbocycles. The smallest absolute Gasteiger partial charge is 0.317 e. The van der Waals surface area contributed by atoms with Crippen LogP contribution in [0, 0.1) is 5.92 Å². The lowest BCUT2D eigenvalue weighted by molar-refractivity contribution is -0.132. The number of nitrogens with one attached hydrogen (secondary N) is 1. The zero-order chi connectivity index (χ0) is 18.9. The molecule has 2 aliphatic rings. The van der Waals surface area contributed by atoms with Crippen molar-refractivity contribution in [1.82, 2.24) is 20.0 Å². The van der Waals surface area contributed by atoms with E-state index in [0.29, 0.717) is 19.0 Å². The Balaban J connectivity index is 1.81. The quantitative estimate of drug-likeness (QED) is 0.737. The van der Waals surface area contributed by atoms with E-state index in [1.54, 1.807) is 6.92 Å². The van der Waals surface area contributed by atoms with Gasteiger partial charge in [-0.15, -0.1) is 0 Å². The van der Waals surface area contributed by atoms with Gasteiger partial charge in [0.1, 0.15) is 0 Å². The van der Waals surface area contributed by atoms with Crippen LogP contribution in [0.2, 0.25) is 0 Å². The van der Waals surface area contributed by atoms with Crippen LogP contribution in [-0.2, 0) is 9.53 Å². The van der Waals surface area contributed by atoms with E-state index in [2.05, 4.69) is 24.1 Å². The highest BCUT2D eigenvalue weighted by Gasteiger charge is 2.29. The molecule has 2 fully saturated rings. The number of piperidine rings is 1. The number of carbonyl (C=O) groups is 2. The van der Waals surface area contributed by atoms with Crippen LogP contribution in [-0.4, -0.2) is 91.7 Å². The molecule has 7 nitrogen and oxygen atoms in total. The van der Waals surface area contributed by atoms with Crippen LogP contribution in [0.1, 0.15) is 40.0 Å². The van der Waals surface area contributed by atoms with E-state index < -0.39 is 0 Å². The highest BCUT2D eigenvalue weighted by atomic mass is 16.5. The minimum Gasteiger partial charge on any atom is -0.379 e. The second kappa shape index (κ2) is 10.7. The zero-order valence-corrected chi connectivity index (χ0v) is 16.7. The van der Waals surface area contributed by atoms with E-state index in [1.807, 2.05) is 9.80 Å². The zero-order valence-electron chi connectivity index (χ0n) is 16.7. The number of amides is 3. The molecule has 0 bridgehead atoms. The second-order valence-electron chi connectivity index (χ2n) is 7.84. The molecule has 26 heavy (non-hydrogen) atoms. The molecule has 7 heteroatoms. The van der Waals surface area contributed by atoms with Crippen molar-refractivity contribution in [3.63, 3.8) is 0 Å². The summed E-state index contributed by atoms with van der Waals surface area (Å²) in [6, 6.07) is 0.135. The maximum atomic E-state index is 12.4. The van der Waals surface area contributed by atoms with E-state index in [1.165, 1.54) is 0 Å². The van der Waals surface area contributed by atoms with Crippen molar-refractivity contribution in [2.75, 3.05) is 59.0 Å². The Bertz CT molecular complexity index is 452. The highest BCUT2D eigenvalue weighted by Crippen LogP contribution is 2.17. The first-order valence-corrected chi connectivity index (χ1v) is 10.1. The summed E-state index contributed by atoms with van der Waals surface area (Å²) in [5.41, 5.74) is 0. The fourth-order valence-corrected chi connectivity index (χ4v) is 3.68. The Morgan fingerprint density at radius 1 is 1.23 bits per heavy atom. The number of rotatable bonds is 7. The summed E-state index contributed by atoms with van der Waals surface area (Å²) in [6.45, 7) is 13.3. The van der Waals surface area contributed by atoms with Crippen molar-refractivity contribution in [2.45, 2.75) is 46.1 Å². The minimum atomic E-state index is 0.000203. The predicted molar refractivity (Wildman–Crippen MR) is 102 cm³/mol. The Kier molecular flexibility index (Phi) is 8.65. The third-order valence-corrected chi connectivity index (χ3v) is 5.17. The third-order valence-electron chi connectivity index (χ3n) is 5.17. The van der Waals surface area contributed by atoms with Gasteiger partial charge in [0, 0.05) is 58.8 Å². The van der Waals surface area contributed by atoms with Crippen LogP contribution in [0.25, 0.3) is 0 Å². The predicted octanol–water partition coefficient (Wildman–Crippen LogP) is 1.39. The van der Waals surface area contributed by atoms with Crippen molar-refractivity contribution in [2.24, 2.45) is 5.92 Å². The Morgan fingerprint density at radius 3 is 2.62 bits per heavy atom. The monoisotopic (exact) mass is 368 g/mol. The van der Waals surface area contributed by atoms with Gasteiger partial charge in [-0.3, -0.25) is 9.69 Å².